The summed E-state index contributed by atoms with van der Waals surface area (Å²) in [5.74, 6) is 0.933. The fourth-order valence-electron chi connectivity index (χ4n) is 3.45. The van der Waals surface area contributed by atoms with Crippen molar-refractivity contribution in [1.29, 1.82) is 0 Å². The van der Waals surface area contributed by atoms with Crippen LogP contribution in [0, 0.1) is 0 Å². The van der Waals surface area contributed by atoms with E-state index in [2.05, 4.69) is 15.4 Å². The van der Waals surface area contributed by atoms with Gasteiger partial charge in [-0.3, -0.25) is 14.6 Å². The van der Waals surface area contributed by atoms with Crippen LogP contribution in [-0.4, -0.2) is 33.9 Å². The Balaban J connectivity index is 1.39. The predicted molar refractivity (Wildman–Crippen MR) is 115 cm³/mol. The van der Waals surface area contributed by atoms with Crippen LogP contribution < -0.4 is 20.3 Å². The van der Waals surface area contributed by atoms with Gasteiger partial charge < -0.3 is 14.8 Å². The third-order valence-electron chi connectivity index (χ3n) is 4.90. The van der Waals surface area contributed by atoms with E-state index >= 15 is 0 Å². The van der Waals surface area contributed by atoms with E-state index in [-0.39, 0.29) is 18.0 Å². The summed E-state index contributed by atoms with van der Waals surface area (Å²) in [5.41, 5.74) is 2.21. The van der Waals surface area contributed by atoms with Crippen LogP contribution in [-0.2, 0) is 11.3 Å². The van der Waals surface area contributed by atoms with Gasteiger partial charge in [0.2, 0.25) is 5.91 Å². The third-order valence-corrected chi connectivity index (χ3v) is 4.90. The first-order valence-corrected chi connectivity index (χ1v) is 9.79. The van der Waals surface area contributed by atoms with Crippen LogP contribution in [0.1, 0.15) is 0 Å². The fraction of sp³-hybridized carbons (Fsp3) is 0.130. The van der Waals surface area contributed by atoms with Crippen LogP contribution in [0.25, 0.3) is 22.2 Å². The van der Waals surface area contributed by atoms with Gasteiger partial charge in [-0.25, -0.2) is 4.68 Å². The number of hydrogen-bond donors (Lipinski definition) is 1. The Labute approximate surface area is 177 Å². The molecule has 5 rings (SSSR count). The largest absolute Gasteiger partial charge is 0.486 e. The van der Waals surface area contributed by atoms with Crippen molar-refractivity contribution in [2.45, 2.75) is 6.54 Å². The Kier molecular flexibility index (Phi) is 4.80. The third kappa shape index (κ3) is 3.83. The maximum Gasteiger partial charge on any atom is 0.267 e. The molecule has 0 fully saturated rings. The zero-order valence-corrected chi connectivity index (χ0v) is 16.4. The monoisotopic (exact) mass is 414 g/mol. The Morgan fingerprint density at radius 2 is 1.84 bits per heavy atom. The van der Waals surface area contributed by atoms with E-state index in [1.165, 1.54) is 6.07 Å². The summed E-state index contributed by atoms with van der Waals surface area (Å²) in [4.78, 5) is 29.3. The molecule has 1 amide bonds. The van der Waals surface area contributed by atoms with E-state index in [4.69, 9.17) is 9.47 Å². The minimum Gasteiger partial charge on any atom is -0.486 e. The number of hydrogen-bond acceptors (Lipinski definition) is 6. The van der Waals surface area contributed by atoms with Gasteiger partial charge in [-0.1, -0.05) is 18.2 Å². The zero-order chi connectivity index (χ0) is 21.2. The molecule has 0 bridgehead atoms. The lowest BCUT2D eigenvalue weighted by molar-refractivity contribution is -0.117. The van der Waals surface area contributed by atoms with Crippen LogP contribution in [0.3, 0.4) is 0 Å². The topological polar surface area (TPSA) is 95.3 Å². The number of fused-ring (bicyclic) bond motifs is 2. The Morgan fingerprint density at radius 3 is 2.74 bits per heavy atom. The normalized spacial score (nSPS) is 12.5. The minimum atomic E-state index is -0.368. The molecular formula is C23H18N4O4. The van der Waals surface area contributed by atoms with Gasteiger partial charge >= 0.3 is 0 Å². The maximum absolute atomic E-state index is 12.6. The number of benzene rings is 2. The van der Waals surface area contributed by atoms with Gasteiger partial charge in [0.15, 0.2) is 11.5 Å². The second kappa shape index (κ2) is 7.91. The maximum atomic E-state index is 12.6. The molecule has 1 N–H and O–H groups in total. The molecule has 2 aromatic carbocycles. The summed E-state index contributed by atoms with van der Waals surface area (Å²) in [5, 5.41) is 8.10. The van der Waals surface area contributed by atoms with Crippen LogP contribution >= 0.6 is 0 Å². The number of para-hydroxylation sites is 1. The molecule has 8 nitrogen and oxygen atoms in total. The number of aromatic nitrogens is 3. The highest BCUT2D eigenvalue weighted by Gasteiger charge is 2.14. The second-order valence-electron chi connectivity index (χ2n) is 7.00. The molecule has 0 spiro atoms. The molecule has 4 aromatic rings. The van der Waals surface area contributed by atoms with E-state index in [1.807, 2.05) is 36.4 Å². The highest BCUT2D eigenvalue weighted by Crippen LogP contribution is 2.33. The molecule has 0 atom stereocenters. The lowest BCUT2D eigenvalue weighted by atomic mass is 10.1. The molecular weight excluding hydrogens is 396 g/mol. The van der Waals surface area contributed by atoms with Gasteiger partial charge in [0.05, 0.1) is 16.9 Å². The average molecular weight is 414 g/mol. The van der Waals surface area contributed by atoms with Crippen molar-refractivity contribution in [2.24, 2.45) is 0 Å². The number of nitrogens with one attached hydrogen (secondary N) is 1. The van der Waals surface area contributed by atoms with Crippen molar-refractivity contribution in [3.8, 4) is 22.8 Å². The lowest BCUT2D eigenvalue weighted by Crippen LogP contribution is -2.29. The molecule has 0 radical (unpaired) electrons. The lowest BCUT2D eigenvalue weighted by Gasteiger charge is -2.18. The minimum absolute atomic E-state index is 0.222. The van der Waals surface area contributed by atoms with Crippen LogP contribution in [0.15, 0.2) is 71.7 Å². The SMILES string of the molecule is O=C(Cn1nc(-c2ccc3c(c2)OCCO3)ccc1=O)Nc1cccc2cccnc12. The number of anilines is 1. The molecule has 1 aliphatic heterocycles. The van der Waals surface area contributed by atoms with Gasteiger partial charge in [-0.2, -0.15) is 5.10 Å². The second-order valence-corrected chi connectivity index (χ2v) is 7.00. The van der Waals surface area contributed by atoms with E-state index in [0.717, 1.165) is 15.6 Å². The highest BCUT2D eigenvalue weighted by molar-refractivity contribution is 6.00. The van der Waals surface area contributed by atoms with Crippen LogP contribution in [0.4, 0.5) is 5.69 Å². The van der Waals surface area contributed by atoms with E-state index in [1.54, 1.807) is 24.4 Å². The van der Waals surface area contributed by atoms with Gasteiger partial charge in [-0.05, 0) is 36.4 Å². The van der Waals surface area contributed by atoms with E-state index < -0.39 is 0 Å². The summed E-state index contributed by atoms with van der Waals surface area (Å²) in [6, 6.07) is 17.8. The summed E-state index contributed by atoms with van der Waals surface area (Å²) in [6.07, 6.45) is 1.67. The summed E-state index contributed by atoms with van der Waals surface area (Å²) >= 11 is 0. The van der Waals surface area contributed by atoms with Crippen molar-refractivity contribution >= 4 is 22.5 Å². The first kappa shape index (κ1) is 18.8. The molecule has 1 aliphatic rings. The Bertz CT molecular complexity index is 1340. The molecule has 2 aromatic heterocycles. The van der Waals surface area contributed by atoms with Gasteiger partial charge in [0.25, 0.3) is 5.56 Å². The number of carbonyl (C=O) groups excluding carboxylic acids is 1. The number of rotatable bonds is 4. The number of nitrogens with zero attached hydrogens (tertiary/aromatic N) is 3. The first-order valence-electron chi connectivity index (χ1n) is 9.79. The molecule has 154 valence electrons. The van der Waals surface area contributed by atoms with Crippen molar-refractivity contribution in [1.82, 2.24) is 14.8 Å². The number of amides is 1. The van der Waals surface area contributed by atoms with Gasteiger partial charge in [0.1, 0.15) is 19.8 Å². The number of carbonyl (C=O) groups is 1. The molecule has 31 heavy (non-hydrogen) atoms. The van der Waals surface area contributed by atoms with Crippen molar-refractivity contribution in [2.75, 3.05) is 18.5 Å². The molecule has 0 saturated heterocycles. The quantitative estimate of drug-likeness (QED) is 0.552. The number of ether oxygens (including phenoxy) is 2. The Morgan fingerprint density at radius 1 is 1.00 bits per heavy atom. The van der Waals surface area contributed by atoms with Crippen LogP contribution in [0.5, 0.6) is 11.5 Å². The standard InChI is InChI=1S/C23H18N4O4/c28-21(25-18-5-1-3-15-4-2-10-24-23(15)18)14-27-22(29)9-7-17(26-27)16-6-8-19-20(13-16)31-12-11-30-19/h1-10,13H,11-12,14H2,(H,25,28). The molecule has 0 unspecified atom stereocenters. The van der Waals surface area contributed by atoms with Crippen molar-refractivity contribution in [3.63, 3.8) is 0 Å². The van der Waals surface area contributed by atoms with E-state index in [0.29, 0.717) is 41.6 Å². The predicted octanol–water partition coefficient (Wildman–Crippen LogP) is 2.87. The number of pyridine rings is 1. The summed E-state index contributed by atoms with van der Waals surface area (Å²) in [6.45, 7) is 0.768. The van der Waals surface area contributed by atoms with Crippen molar-refractivity contribution in [3.05, 3.63) is 77.2 Å². The molecule has 0 aliphatic carbocycles. The summed E-state index contributed by atoms with van der Waals surface area (Å²) < 4.78 is 12.3. The molecule has 0 saturated carbocycles. The zero-order valence-electron chi connectivity index (χ0n) is 16.4. The van der Waals surface area contributed by atoms with Crippen molar-refractivity contribution < 1.29 is 14.3 Å². The molecule has 8 heteroatoms. The fourth-order valence-corrected chi connectivity index (χ4v) is 3.45. The highest BCUT2D eigenvalue weighted by atomic mass is 16.6. The van der Waals surface area contributed by atoms with Gasteiger partial charge in [0, 0.05) is 23.2 Å². The smallest absolute Gasteiger partial charge is 0.267 e. The van der Waals surface area contributed by atoms with Gasteiger partial charge in [-0.15, -0.1) is 0 Å². The Hall–Kier alpha value is -4.20. The summed E-state index contributed by atoms with van der Waals surface area (Å²) in [7, 11) is 0. The first-order chi connectivity index (χ1) is 15.2. The van der Waals surface area contributed by atoms with E-state index in [9.17, 15) is 9.59 Å². The van der Waals surface area contributed by atoms with Crippen LogP contribution in [0.2, 0.25) is 0 Å². The molecule has 3 heterocycles. The average Bonchev–Trinajstić information content (AvgIpc) is 2.80.